The van der Waals surface area contributed by atoms with E-state index >= 15 is 0 Å². The molecule has 21 heavy (non-hydrogen) atoms. The van der Waals surface area contributed by atoms with Crippen LogP contribution in [0.2, 0.25) is 0 Å². The molecular weight excluding hydrogens is 264 g/mol. The molecule has 0 aliphatic rings. The molecule has 0 radical (unpaired) electrons. The monoisotopic (exact) mass is 286 g/mol. The molecule has 0 aliphatic carbocycles. The number of hydrogen-bond donors (Lipinski definition) is 0. The highest BCUT2D eigenvalue weighted by Crippen LogP contribution is 2.27. The maximum absolute atomic E-state index is 12.1. The van der Waals surface area contributed by atoms with Crippen molar-refractivity contribution in [3.05, 3.63) is 46.8 Å². The lowest BCUT2D eigenvalue weighted by Gasteiger charge is -2.20. The average molecular weight is 286 g/mol. The molecule has 0 saturated heterocycles. The standard InChI is InChI=1S/C17H22N2O2/c1-11-9-13(17(3,4)5)7-8-15(11)21-16(20)14-10-12(2)19(6)18-14/h7-10H,1-6H3. The maximum atomic E-state index is 12.1. The highest BCUT2D eigenvalue weighted by molar-refractivity contribution is 5.89. The normalized spacial score (nSPS) is 11.5. The van der Waals surface area contributed by atoms with E-state index in [0.717, 1.165) is 11.3 Å². The van der Waals surface area contributed by atoms with Crippen molar-refractivity contribution in [3.63, 3.8) is 0 Å². The fraction of sp³-hybridized carbons (Fsp3) is 0.412. The van der Waals surface area contributed by atoms with Crippen LogP contribution in [0, 0.1) is 13.8 Å². The third-order valence-corrected chi connectivity index (χ3v) is 3.57. The van der Waals surface area contributed by atoms with E-state index in [4.69, 9.17) is 4.74 Å². The predicted octanol–water partition coefficient (Wildman–Crippen LogP) is 3.55. The van der Waals surface area contributed by atoms with Crippen molar-refractivity contribution >= 4 is 5.97 Å². The summed E-state index contributed by atoms with van der Waals surface area (Å²) in [5.74, 6) is 0.154. The molecule has 0 N–H and O–H groups in total. The number of carbonyl (C=O) groups excluding carboxylic acids is 1. The average Bonchev–Trinajstić information content (AvgIpc) is 2.71. The minimum absolute atomic E-state index is 0.0748. The lowest BCUT2D eigenvalue weighted by atomic mass is 9.86. The summed E-state index contributed by atoms with van der Waals surface area (Å²) in [7, 11) is 1.80. The number of aromatic nitrogens is 2. The first-order valence-corrected chi connectivity index (χ1v) is 7.02. The summed E-state index contributed by atoms with van der Waals surface area (Å²) in [6, 6.07) is 7.64. The quantitative estimate of drug-likeness (QED) is 0.626. The minimum atomic E-state index is -0.426. The Labute approximate surface area is 125 Å². The van der Waals surface area contributed by atoms with E-state index < -0.39 is 5.97 Å². The second-order valence-electron chi connectivity index (χ2n) is 6.41. The first kappa shape index (κ1) is 15.3. The molecule has 2 aromatic rings. The van der Waals surface area contributed by atoms with Crippen LogP contribution in [0.3, 0.4) is 0 Å². The van der Waals surface area contributed by atoms with Crippen LogP contribution in [-0.2, 0) is 12.5 Å². The van der Waals surface area contributed by atoms with Gasteiger partial charge >= 0.3 is 5.97 Å². The van der Waals surface area contributed by atoms with Gasteiger partial charge in [0.1, 0.15) is 5.75 Å². The molecule has 0 amide bonds. The molecule has 0 fully saturated rings. The zero-order valence-electron chi connectivity index (χ0n) is 13.5. The van der Waals surface area contributed by atoms with Crippen LogP contribution in [-0.4, -0.2) is 15.7 Å². The number of esters is 1. The van der Waals surface area contributed by atoms with Crippen molar-refractivity contribution in [1.82, 2.24) is 9.78 Å². The van der Waals surface area contributed by atoms with Gasteiger partial charge in [-0.1, -0.05) is 32.9 Å². The Morgan fingerprint density at radius 3 is 2.33 bits per heavy atom. The molecule has 0 spiro atoms. The van der Waals surface area contributed by atoms with Gasteiger partial charge in [0, 0.05) is 12.7 Å². The lowest BCUT2D eigenvalue weighted by Crippen LogP contribution is -2.13. The van der Waals surface area contributed by atoms with E-state index in [9.17, 15) is 4.79 Å². The van der Waals surface area contributed by atoms with Gasteiger partial charge < -0.3 is 4.74 Å². The van der Waals surface area contributed by atoms with Gasteiger partial charge in [0.05, 0.1) is 0 Å². The molecule has 0 saturated carbocycles. The summed E-state index contributed by atoms with van der Waals surface area (Å²) in [6.07, 6.45) is 0. The number of benzene rings is 1. The van der Waals surface area contributed by atoms with E-state index in [1.165, 1.54) is 5.56 Å². The molecule has 112 valence electrons. The van der Waals surface area contributed by atoms with Gasteiger partial charge in [-0.2, -0.15) is 5.10 Å². The number of nitrogens with zero attached hydrogens (tertiary/aromatic N) is 2. The third-order valence-electron chi connectivity index (χ3n) is 3.57. The Morgan fingerprint density at radius 2 is 1.86 bits per heavy atom. The van der Waals surface area contributed by atoms with Gasteiger partial charge in [0.15, 0.2) is 5.69 Å². The smallest absolute Gasteiger partial charge is 0.364 e. The molecule has 4 nitrogen and oxygen atoms in total. The molecule has 1 heterocycles. The summed E-state index contributed by atoms with van der Waals surface area (Å²) in [4.78, 5) is 12.1. The maximum Gasteiger partial charge on any atom is 0.364 e. The Kier molecular flexibility index (Phi) is 3.90. The molecule has 2 rings (SSSR count). The van der Waals surface area contributed by atoms with Gasteiger partial charge in [-0.3, -0.25) is 4.68 Å². The number of ether oxygens (including phenoxy) is 1. The SMILES string of the molecule is Cc1cc(C(C)(C)C)ccc1OC(=O)c1cc(C)n(C)n1. The fourth-order valence-corrected chi connectivity index (χ4v) is 2.04. The zero-order chi connectivity index (χ0) is 15.8. The van der Waals surface area contributed by atoms with E-state index in [1.54, 1.807) is 17.8 Å². The van der Waals surface area contributed by atoms with Crippen molar-refractivity contribution in [2.75, 3.05) is 0 Å². The van der Waals surface area contributed by atoms with E-state index in [1.807, 2.05) is 26.0 Å². The number of hydrogen-bond acceptors (Lipinski definition) is 3. The molecule has 4 heteroatoms. The molecule has 0 atom stereocenters. The highest BCUT2D eigenvalue weighted by Gasteiger charge is 2.17. The van der Waals surface area contributed by atoms with Crippen molar-refractivity contribution in [1.29, 1.82) is 0 Å². The molecule has 1 aromatic heterocycles. The Bertz CT molecular complexity index is 659. The van der Waals surface area contributed by atoms with Crippen molar-refractivity contribution in [2.24, 2.45) is 7.05 Å². The van der Waals surface area contributed by atoms with Crippen LogP contribution >= 0.6 is 0 Å². The van der Waals surface area contributed by atoms with Crippen LogP contribution in [0.4, 0.5) is 0 Å². The van der Waals surface area contributed by atoms with Gasteiger partial charge in [0.2, 0.25) is 0 Å². The highest BCUT2D eigenvalue weighted by atomic mass is 16.5. The number of aryl methyl sites for hydroxylation is 3. The van der Waals surface area contributed by atoms with Gasteiger partial charge in [-0.05, 0) is 42.5 Å². The van der Waals surface area contributed by atoms with E-state index in [2.05, 4.69) is 31.9 Å². The van der Waals surface area contributed by atoms with Crippen molar-refractivity contribution < 1.29 is 9.53 Å². The Hall–Kier alpha value is -2.10. The Morgan fingerprint density at radius 1 is 1.19 bits per heavy atom. The summed E-state index contributed by atoms with van der Waals surface area (Å²) in [5, 5.41) is 4.13. The topological polar surface area (TPSA) is 44.1 Å². The first-order chi connectivity index (χ1) is 9.68. The summed E-state index contributed by atoms with van der Waals surface area (Å²) < 4.78 is 7.11. The minimum Gasteiger partial charge on any atom is -0.421 e. The number of carbonyl (C=O) groups is 1. The molecule has 0 unspecified atom stereocenters. The van der Waals surface area contributed by atoms with Crippen LogP contribution in [0.5, 0.6) is 5.75 Å². The largest absolute Gasteiger partial charge is 0.421 e. The molecular formula is C17H22N2O2. The van der Waals surface area contributed by atoms with Crippen LogP contribution in [0.1, 0.15) is 48.1 Å². The van der Waals surface area contributed by atoms with Crippen LogP contribution in [0.25, 0.3) is 0 Å². The molecule has 1 aromatic carbocycles. The third kappa shape index (κ3) is 3.32. The van der Waals surface area contributed by atoms with Crippen molar-refractivity contribution in [2.45, 2.75) is 40.0 Å². The fourth-order valence-electron chi connectivity index (χ4n) is 2.04. The zero-order valence-corrected chi connectivity index (χ0v) is 13.5. The summed E-state index contributed by atoms with van der Waals surface area (Å²) in [6.45, 7) is 10.3. The summed E-state index contributed by atoms with van der Waals surface area (Å²) in [5.41, 5.74) is 3.48. The van der Waals surface area contributed by atoms with Gasteiger partial charge in [0.25, 0.3) is 0 Å². The van der Waals surface area contributed by atoms with Gasteiger partial charge in [-0.25, -0.2) is 4.79 Å². The second kappa shape index (κ2) is 5.35. The first-order valence-electron chi connectivity index (χ1n) is 7.02. The lowest BCUT2D eigenvalue weighted by molar-refractivity contribution is 0.0726. The number of rotatable bonds is 2. The molecule has 0 aliphatic heterocycles. The Balaban J connectivity index is 2.22. The van der Waals surface area contributed by atoms with Crippen LogP contribution < -0.4 is 4.74 Å². The van der Waals surface area contributed by atoms with Gasteiger partial charge in [-0.15, -0.1) is 0 Å². The van der Waals surface area contributed by atoms with Crippen LogP contribution in [0.15, 0.2) is 24.3 Å². The molecule has 0 bridgehead atoms. The predicted molar refractivity (Wildman–Crippen MR) is 82.8 cm³/mol. The van der Waals surface area contributed by atoms with E-state index in [-0.39, 0.29) is 5.41 Å². The summed E-state index contributed by atoms with van der Waals surface area (Å²) >= 11 is 0. The van der Waals surface area contributed by atoms with E-state index in [0.29, 0.717) is 11.4 Å². The van der Waals surface area contributed by atoms with Crippen molar-refractivity contribution in [3.8, 4) is 5.75 Å². The second-order valence-corrected chi connectivity index (χ2v) is 6.41.